The highest BCUT2D eigenvalue weighted by Gasteiger charge is 2.14. The number of rotatable bonds is 5. The van der Waals surface area contributed by atoms with Crippen LogP contribution in [0.15, 0.2) is 42.7 Å². The molecule has 2 rings (SSSR count). The fraction of sp³-hybridized carbons (Fsp3) is 0.312. The quantitative estimate of drug-likeness (QED) is 0.909. The van der Waals surface area contributed by atoms with Crippen LogP contribution < -0.4 is 15.2 Å². The van der Waals surface area contributed by atoms with Gasteiger partial charge in [-0.1, -0.05) is 12.1 Å². The molecule has 1 heterocycles. The normalized spacial score (nSPS) is 12.2. The van der Waals surface area contributed by atoms with Gasteiger partial charge in [0.05, 0.1) is 25.5 Å². The van der Waals surface area contributed by atoms with Crippen molar-refractivity contribution >= 4 is 0 Å². The summed E-state index contributed by atoms with van der Waals surface area (Å²) in [6.45, 7) is 4.00. The van der Waals surface area contributed by atoms with Gasteiger partial charge in [-0.05, 0) is 37.6 Å². The van der Waals surface area contributed by atoms with E-state index in [4.69, 9.17) is 15.2 Å². The van der Waals surface area contributed by atoms with Crippen molar-refractivity contribution in [3.05, 3.63) is 53.9 Å². The van der Waals surface area contributed by atoms with Crippen LogP contribution in [-0.2, 0) is 0 Å². The maximum atomic E-state index is 6.33. The number of nitrogens with zero attached hydrogens (tertiary/aromatic N) is 1. The van der Waals surface area contributed by atoms with E-state index < -0.39 is 0 Å². The lowest BCUT2D eigenvalue weighted by Crippen LogP contribution is -2.14. The molecule has 1 atom stereocenters. The lowest BCUT2D eigenvalue weighted by atomic mass is 9.99. The van der Waals surface area contributed by atoms with Crippen LogP contribution in [-0.4, -0.2) is 18.2 Å². The highest BCUT2D eigenvalue weighted by Crippen LogP contribution is 2.29. The number of hydrogen-bond acceptors (Lipinski definition) is 4. The highest BCUT2D eigenvalue weighted by molar-refractivity contribution is 5.41. The third-order valence-electron chi connectivity index (χ3n) is 2.96. The molecule has 0 aliphatic carbocycles. The molecule has 1 unspecified atom stereocenters. The molecule has 0 saturated carbocycles. The Morgan fingerprint density at radius 1 is 1.20 bits per heavy atom. The molecule has 0 aliphatic rings. The number of aromatic nitrogens is 1. The SMILES string of the molecule is COc1cnccc1C(N)c1cccc(OC(C)C)c1. The number of ether oxygens (including phenoxy) is 2. The number of pyridine rings is 1. The second-order valence-corrected chi connectivity index (χ2v) is 4.83. The molecule has 2 aromatic rings. The minimum Gasteiger partial charge on any atom is -0.495 e. The second kappa shape index (κ2) is 6.39. The molecule has 0 aliphatic heterocycles. The molecule has 1 aromatic carbocycles. The van der Waals surface area contributed by atoms with Gasteiger partial charge in [0.2, 0.25) is 0 Å². The largest absolute Gasteiger partial charge is 0.495 e. The summed E-state index contributed by atoms with van der Waals surface area (Å²) in [4.78, 5) is 4.04. The fourth-order valence-corrected chi connectivity index (χ4v) is 2.05. The first-order chi connectivity index (χ1) is 9.61. The second-order valence-electron chi connectivity index (χ2n) is 4.83. The predicted octanol–water partition coefficient (Wildman–Crippen LogP) is 2.93. The van der Waals surface area contributed by atoms with E-state index in [1.54, 1.807) is 19.5 Å². The maximum Gasteiger partial charge on any atom is 0.142 e. The van der Waals surface area contributed by atoms with Gasteiger partial charge in [-0.2, -0.15) is 0 Å². The first kappa shape index (κ1) is 14.3. The van der Waals surface area contributed by atoms with Gasteiger partial charge in [0, 0.05) is 11.8 Å². The Hall–Kier alpha value is -2.07. The molecular formula is C16H20N2O2. The summed E-state index contributed by atoms with van der Waals surface area (Å²) < 4.78 is 11.0. The van der Waals surface area contributed by atoms with Crippen molar-refractivity contribution in [2.75, 3.05) is 7.11 Å². The lowest BCUT2D eigenvalue weighted by molar-refractivity contribution is 0.242. The fourth-order valence-electron chi connectivity index (χ4n) is 2.05. The molecule has 106 valence electrons. The van der Waals surface area contributed by atoms with Crippen LogP contribution in [0.4, 0.5) is 0 Å². The summed E-state index contributed by atoms with van der Waals surface area (Å²) in [6.07, 6.45) is 3.52. The number of benzene rings is 1. The Morgan fingerprint density at radius 3 is 2.70 bits per heavy atom. The van der Waals surface area contributed by atoms with E-state index in [1.807, 2.05) is 44.2 Å². The van der Waals surface area contributed by atoms with Gasteiger partial charge in [-0.25, -0.2) is 0 Å². The maximum absolute atomic E-state index is 6.33. The molecule has 1 aromatic heterocycles. The smallest absolute Gasteiger partial charge is 0.142 e. The summed E-state index contributed by atoms with van der Waals surface area (Å²) in [6, 6.07) is 9.42. The Bertz CT molecular complexity index is 570. The zero-order valence-corrected chi connectivity index (χ0v) is 12.0. The van der Waals surface area contributed by atoms with Crippen molar-refractivity contribution in [1.29, 1.82) is 0 Å². The molecule has 2 N–H and O–H groups in total. The molecule has 20 heavy (non-hydrogen) atoms. The Morgan fingerprint density at radius 2 is 2.00 bits per heavy atom. The summed E-state index contributed by atoms with van der Waals surface area (Å²) in [5.41, 5.74) is 8.22. The zero-order chi connectivity index (χ0) is 14.5. The third kappa shape index (κ3) is 3.27. The average Bonchev–Trinajstić information content (AvgIpc) is 2.46. The van der Waals surface area contributed by atoms with E-state index in [2.05, 4.69) is 4.98 Å². The lowest BCUT2D eigenvalue weighted by Gasteiger charge is -2.17. The summed E-state index contributed by atoms with van der Waals surface area (Å²) in [5.74, 6) is 1.51. The van der Waals surface area contributed by atoms with Crippen LogP contribution in [0.5, 0.6) is 11.5 Å². The van der Waals surface area contributed by atoms with Crippen molar-refractivity contribution in [2.24, 2.45) is 5.73 Å². The standard InChI is InChI=1S/C16H20N2O2/c1-11(2)20-13-6-4-5-12(9-13)16(17)14-7-8-18-10-15(14)19-3/h4-11,16H,17H2,1-3H3. The van der Waals surface area contributed by atoms with Crippen molar-refractivity contribution < 1.29 is 9.47 Å². The van der Waals surface area contributed by atoms with Crippen LogP contribution in [0.25, 0.3) is 0 Å². The Balaban J connectivity index is 2.30. The predicted molar refractivity (Wildman–Crippen MR) is 79.0 cm³/mol. The minimum atomic E-state index is -0.274. The molecular weight excluding hydrogens is 252 g/mol. The van der Waals surface area contributed by atoms with Crippen molar-refractivity contribution in [2.45, 2.75) is 26.0 Å². The topological polar surface area (TPSA) is 57.4 Å². The van der Waals surface area contributed by atoms with E-state index in [9.17, 15) is 0 Å². The van der Waals surface area contributed by atoms with Gasteiger partial charge in [-0.15, -0.1) is 0 Å². The van der Waals surface area contributed by atoms with Crippen LogP contribution in [0.3, 0.4) is 0 Å². The molecule has 4 heteroatoms. The number of methoxy groups -OCH3 is 1. The van der Waals surface area contributed by atoms with E-state index in [0.29, 0.717) is 5.75 Å². The van der Waals surface area contributed by atoms with Crippen LogP contribution >= 0.6 is 0 Å². The van der Waals surface area contributed by atoms with Crippen molar-refractivity contribution in [1.82, 2.24) is 4.98 Å². The molecule has 0 amide bonds. The molecule has 0 fully saturated rings. The van der Waals surface area contributed by atoms with Gasteiger partial charge in [-0.3, -0.25) is 4.98 Å². The van der Waals surface area contributed by atoms with E-state index >= 15 is 0 Å². The molecule has 0 radical (unpaired) electrons. The van der Waals surface area contributed by atoms with Gasteiger partial charge in [0.1, 0.15) is 11.5 Å². The van der Waals surface area contributed by atoms with Crippen LogP contribution in [0.2, 0.25) is 0 Å². The van der Waals surface area contributed by atoms with Crippen LogP contribution in [0, 0.1) is 0 Å². The van der Waals surface area contributed by atoms with E-state index in [1.165, 1.54) is 0 Å². The molecule has 4 nitrogen and oxygen atoms in total. The monoisotopic (exact) mass is 272 g/mol. The van der Waals surface area contributed by atoms with Crippen LogP contribution in [0.1, 0.15) is 31.0 Å². The minimum absolute atomic E-state index is 0.136. The first-order valence-corrected chi connectivity index (χ1v) is 6.62. The van der Waals surface area contributed by atoms with Crippen molar-refractivity contribution in [3.8, 4) is 11.5 Å². The van der Waals surface area contributed by atoms with E-state index in [0.717, 1.165) is 16.9 Å². The Kier molecular flexibility index (Phi) is 4.58. The average molecular weight is 272 g/mol. The van der Waals surface area contributed by atoms with Crippen molar-refractivity contribution in [3.63, 3.8) is 0 Å². The summed E-state index contributed by atoms with van der Waals surface area (Å²) in [7, 11) is 1.62. The third-order valence-corrected chi connectivity index (χ3v) is 2.96. The molecule has 0 spiro atoms. The number of nitrogens with two attached hydrogens (primary N) is 1. The van der Waals surface area contributed by atoms with Gasteiger partial charge < -0.3 is 15.2 Å². The van der Waals surface area contributed by atoms with Gasteiger partial charge >= 0.3 is 0 Å². The van der Waals surface area contributed by atoms with Gasteiger partial charge in [0.15, 0.2) is 0 Å². The zero-order valence-electron chi connectivity index (χ0n) is 12.0. The first-order valence-electron chi connectivity index (χ1n) is 6.62. The summed E-state index contributed by atoms with van der Waals surface area (Å²) in [5, 5.41) is 0. The summed E-state index contributed by atoms with van der Waals surface area (Å²) >= 11 is 0. The number of hydrogen-bond donors (Lipinski definition) is 1. The van der Waals surface area contributed by atoms with Gasteiger partial charge in [0.25, 0.3) is 0 Å². The highest BCUT2D eigenvalue weighted by atomic mass is 16.5. The Labute approximate surface area is 119 Å². The molecule has 0 bridgehead atoms. The molecule has 0 saturated heterocycles. The van der Waals surface area contributed by atoms with E-state index in [-0.39, 0.29) is 12.1 Å².